The molecule has 1 atom stereocenters. The van der Waals surface area contributed by atoms with Crippen LogP contribution < -0.4 is 16.0 Å². The molecule has 0 spiro atoms. The van der Waals surface area contributed by atoms with Crippen molar-refractivity contribution < 1.29 is 9.59 Å². The van der Waals surface area contributed by atoms with Crippen LogP contribution in [0.15, 0.2) is 18.2 Å². The second-order valence-corrected chi connectivity index (χ2v) is 6.24. The van der Waals surface area contributed by atoms with E-state index in [1.165, 1.54) is 4.90 Å². The molecule has 0 fully saturated rings. The minimum absolute atomic E-state index is 0.0537. The third-order valence-corrected chi connectivity index (χ3v) is 3.39. The SMILES string of the molecule is CC(C)Nc1c(Cl)cccc1NCC(=O)N[C@@H](C)C(=O)N(C)C. The van der Waals surface area contributed by atoms with Gasteiger partial charge in [-0.15, -0.1) is 0 Å². The number of carbonyl (C=O) groups is 2. The van der Waals surface area contributed by atoms with Crippen LogP contribution in [0.5, 0.6) is 0 Å². The molecule has 7 heteroatoms. The van der Waals surface area contributed by atoms with Gasteiger partial charge in [-0.2, -0.15) is 0 Å². The molecule has 0 radical (unpaired) electrons. The average molecular weight is 341 g/mol. The molecule has 1 aromatic rings. The zero-order valence-corrected chi connectivity index (χ0v) is 15.0. The Kier molecular flexibility index (Phi) is 7.16. The molecular weight excluding hydrogens is 316 g/mol. The lowest BCUT2D eigenvalue weighted by Crippen LogP contribution is -2.46. The number of likely N-dealkylation sites (N-methyl/N-ethyl adjacent to an activating group) is 1. The first-order valence-electron chi connectivity index (χ1n) is 7.51. The van der Waals surface area contributed by atoms with Gasteiger partial charge in [0, 0.05) is 20.1 Å². The van der Waals surface area contributed by atoms with Gasteiger partial charge in [-0.05, 0) is 32.9 Å². The maximum Gasteiger partial charge on any atom is 0.244 e. The van der Waals surface area contributed by atoms with Crippen molar-refractivity contribution in [3.05, 3.63) is 23.2 Å². The Labute approximate surface area is 142 Å². The van der Waals surface area contributed by atoms with Crippen molar-refractivity contribution in [3.63, 3.8) is 0 Å². The predicted molar refractivity (Wildman–Crippen MR) is 95.0 cm³/mol. The summed E-state index contributed by atoms with van der Waals surface area (Å²) in [5, 5.41) is 9.54. The van der Waals surface area contributed by atoms with Gasteiger partial charge in [-0.3, -0.25) is 9.59 Å². The van der Waals surface area contributed by atoms with Crippen molar-refractivity contribution in [2.24, 2.45) is 0 Å². The van der Waals surface area contributed by atoms with Crippen LogP contribution >= 0.6 is 11.6 Å². The minimum Gasteiger partial charge on any atom is -0.380 e. The maximum atomic E-state index is 12.0. The third-order valence-electron chi connectivity index (χ3n) is 3.07. The number of carbonyl (C=O) groups excluding carboxylic acids is 2. The van der Waals surface area contributed by atoms with Gasteiger partial charge in [0.05, 0.1) is 22.9 Å². The van der Waals surface area contributed by atoms with E-state index in [4.69, 9.17) is 11.6 Å². The summed E-state index contributed by atoms with van der Waals surface area (Å²) in [6.07, 6.45) is 0. The molecular formula is C16H25ClN4O2. The quantitative estimate of drug-likeness (QED) is 0.711. The van der Waals surface area contributed by atoms with E-state index in [2.05, 4.69) is 16.0 Å². The van der Waals surface area contributed by atoms with E-state index >= 15 is 0 Å². The highest BCUT2D eigenvalue weighted by atomic mass is 35.5. The van der Waals surface area contributed by atoms with E-state index in [1.807, 2.05) is 26.0 Å². The largest absolute Gasteiger partial charge is 0.380 e. The van der Waals surface area contributed by atoms with Gasteiger partial charge in [0.1, 0.15) is 6.04 Å². The van der Waals surface area contributed by atoms with Gasteiger partial charge >= 0.3 is 0 Å². The molecule has 0 aliphatic carbocycles. The molecule has 0 aromatic heterocycles. The fourth-order valence-electron chi connectivity index (χ4n) is 2.02. The smallest absolute Gasteiger partial charge is 0.244 e. The zero-order valence-electron chi connectivity index (χ0n) is 14.2. The Balaban J connectivity index is 2.66. The van der Waals surface area contributed by atoms with Crippen molar-refractivity contribution in [2.75, 3.05) is 31.3 Å². The molecule has 0 aliphatic heterocycles. The Morgan fingerprint density at radius 2 is 1.87 bits per heavy atom. The van der Waals surface area contributed by atoms with E-state index in [1.54, 1.807) is 27.1 Å². The Morgan fingerprint density at radius 3 is 2.43 bits per heavy atom. The highest BCUT2D eigenvalue weighted by Crippen LogP contribution is 2.30. The van der Waals surface area contributed by atoms with Gasteiger partial charge in [0.2, 0.25) is 11.8 Å². The lowest BCUT2D eigenvalue weighted by Gasteiger charge is -2.19. The molecule has 1 rings (SSSR count). The summed E-state index contributed by atoms with van der Waals surface area (Å²) in [4.78, 5) is 25.2. The summed E-state index contributed by atoms with van der Waals surface area (Å²) in [5.41, 5.74) is 1.50. The average Bonchev–Trinajstić information content (AvgIpc) is 2.46. The molecule has 23 heavy (non-hydrogen) atoms. The number of rotatable bonds is 7. The number of hydrogen-bond donors (Lipinski definition) is 3. The van der Waals surface area contributed by atoms with Crippen molar-refractivity contribution in [1.82, 2.24) is 10.2 Å². The van der Waals surface area contributed by atoms with Crippen LogP contribution in [-0.4, -0.2) is 49.4 Å². The normalized spacial score (nSPS) is 11.8. The Bertz CT molecular complexity index is 561. The van der Waals surface area contributed by atoms with Gasteiger partial charge in [-0.1, -0.05) is 17.7 Å². The molecule has 3 N–H and O–H groups in total. The fraction of sp³-hybridized carbons (Fsp3) is 0.500. The summed E-state index contributed by atoms with van der Waals surface area (Å²) < 4.78 is 0. The van der Waals surface area contributed by atoms with Crippen LogP contribution in [0, 0.1) is 0 Å². The van der Waals surface area contributed by atoms with Crippen LogP contribution in [0.1, 0.15) is 20.8 Å². The van der Waals surface area contributed by atoms with E-state index in [0.717, 1.165) is 11.4 Å². The highest BCUT2D eigenvalue weighted by molar-refractivity contribution is 6.34. The summed E-state index contributed by atoms with van der Waals surface area (Å²) >= 11 is 6.20. The molecule has 0 heterocycles. The van der Waals surface area contributed by atoms with Crippen LogP contribution in [0.2, 0.25) is 5.02 Å². The molecule has 0 unspecified atom stereocenters. The number of benzene rings is 1. The molecule has 0 saturated carbocycles. The predicted octanol–water partition coefficient (Wildman–Crippen LogP) is 2.17. The summed E-state index contributed by atoms with van der Waals surface area (Å²) in [6.45, 7) is 5.73. The molecule has 0 bridgehead atoms. The van der Waals surface area contributed by atoms with Crippen LogP contribution in [0.25, 0.3) is 0 Å². The minimum atomic E-state index is -0.563. The Morgan fingerprint density at radius 1 is 1.22 bits per heavy atom. The molecule has 1 aromatic carbocycles. The topological polar surface area (TPSA) is 73.5 Å². The summed E-state index contributed by atoms with van der Waals surface area (Å²) in [6, 6.07) is 5.09. The molecule has 0 aliphatic rings. The van der Waals surface area contributed by atoms with Crippen LogP contribution in [0.4, 0.5) is 11.4 Å². The first-order valence-corrected chi connectivity index (χ1v) is 7.89. The number of anilines is 2. The van der Waals surface area contributed by atoms with Crippen molar-refractivity contribution in [2.45, 2.75) is 32.9 Å². The number of para-hydroxylation sites is 1. The van der Waals surface area contributed by atoms with Crippen molar-refractivity contribution in [3.8, 4) is 0 Å². The van der Waals surface area contributed by atoms with Crippen molar-refractivity contribution >= 4 is 34.8 Å². The maximum absolute atomic E-state index is 12.0. The number of nitrogens with one attached hydrogen (secondary N) is 3. The van der Waals surface area contributed by atoms with Gasteiger partial charge in [-0.25, -0.2) is 0 Å². The number of amides is 2. The van der Waals surface area contributed by atoms with Gasteiger partial charge < -0.3 is 20.9 Å². The first-order chi connectivity index (χ1) is 10.7. The van der Waals surface area contributed by atoms with Crippen LogP contribution in [0.3, 0.4) is 0 Å². The lowest BCUT2D eigenvalue weighted by atomic mass is 10.2. The second kappa shape index (κ2) is 8.62. The van der Waals surface area contributed by atoms with E-state index in [-0.39, 0.29) is 24.4 Å². The van der Waals surface area contributed by atoms with Gasteiger partial charge in [0.15, 0.2) is 0 Å². The monoisotopic (exact) mass is 340 g/mol. The lowest BCUT2D eigenvalue weighted by molar-refractivity contribution is -0.133. The summed E-state index contributed by atoms with van der Waals surface area (Å²) in [7, 11) is 3.30. The summed E-state index contributed by atoms with van der Waals surface area (Å²) in [5.74, 6) is -0.411. The molecule has 6 nitrogen and oxygen atoms in total. The molecule has 128 valence electrons. The first kappa shape index (κ1) is 19.1. The van der Waals surface area contributed by atoms with Gasteiger partial charge in [0.25, 0.3) is 0 Å². The van der Waals surface area contributed by atoms with E-state index < -0.39 is 6.04 Å². The standard InChI is InChI=1S/C16H25ClN4O2/c1-10(2)19-15-12(17)7-6-8-13(15)18-9-14(22)20-11(3)16(23)21(4)5/h6-8,10-11,18-19H,9H2,1-5H3,(H,20,22)/t11-/m0/s1. The number of halogens is 1. The number of nitrogens with zero attached hydrogens (tertiary/aromatic N) is 1. The number of hydrogen-bond acceptors (Lipinski definition) is 4. The zero-order chi connectivity index (χ0) is 17.6. The van der Waals surface area contributed by atoms with Crippen LogP contribution in [-0.2, 0) is 9.59 Å². The van der Waals surface area contributed by atoms with E-state index in [9.17, 15) is 9.59 Å². The fourth-order valence-corrected chi connectivity index (χ4v) is 2.25. The second-order valence-electron chi connectivity index (χ2n) is 5.84. The Hall–Kier alpha value is -1.95. The van der Waals surface area contributed by atoms with Crippen molar-refractivity contribution in [1.29, 1.82) is 0 Å². The molecule has 2 amide bonds. The highest BCUT2D eigenvalue weighted by Gasteiger charge is 2.17. The third kappa shape index (κ3) is 5.98. The molecule has 0 saturated heterocycles. The van der Waals surface area contributed by atoms with E-state index in [0.29, 0.717) is 5.02 Å².